The van der Waals surface area contributed by atoms with Gasteiger partial charge in [-0.15, -0.1) is 57.5 Å². The minimum atomic E-state index is 0.0293. The van der Waals surface area contributed by atoms with Crippen LogP contribution in [0.25, 0.3) is 26.1 Å². The molecule has 8 heterocycles. The molecule has 4 aromatic heterocycles. The molecule has 0 saturated carbocycles. The molecule has 0 bridgehead atoms. The summed E-state index contributed by atoms with van der Waals surface area (Å²) < 4.78 is 6.68. The summed E-state index contributed by atoms with van der Waals surface area (Å²) in [5.74, 6) is 0.269. The van der Waals surface area contributed by atoms with Crippen LogP contribution in [0.2, 0.25) is 0 Å². The van der Waals surface area contributed by atoms with Crippen molar-refractivity contribution in [2.24, 2.45) is 0 Å². The molecular weight excluding hydrogens is 785 g/mol. The minimum Gasteiger partial charge on any atom is -0.494 e. The fourth-order valence-corrected chi connectivity index (χ4v) is 16.7. The zero-order chi connectivity index (χ0) is 37.3. The van der Waals surface area contributed by atoms with E-state index in [1.807, 2.05) is 34.5 Å². The van der Waals surface area contributed by atoms with Crippen molar-refractivity contribution in [1.29, 1.82) is 5.41 Å². The number of amides is 1. The molecule has 4 aliphatic rings. The molecule has 4 aliphatic heterocycles. The summed E-state index contributed by atoms with van der Waals surface area (Å²) in [4.78, 5) is 21.9. The van der Waals surface area contributed by atoms with Crippen LogP contribution in [0.4, 0.5) is 5.00 Å². The highest BCUT2D eigenvalue weighted by Crippen LogP contribution is 2.63. The summed E-state index contributed by atoms with van der Waals surface area (Å²) in [7, 11) is 0. The van der Waals surface area contributed by atoms with E-state index >= 15 is 0 Å². The maximum atomic E-state index is 15.0. The maximum absolute atomic E-state index is 15.0. The average molecular weight is 837 g/mol. The second-order valence-corrected chi connectivity index (χ2v) is 21.8. The number of aromatic hydroxyl groups is 1. The van der Waals surface area contributed by atoms with E-state index < -0.39 is 0 Å². The molecule has 0 fully saturated rings. The van der Waals surface area contributed by atoms with Crippen LogP contribution in [0, 0.1) is 5.41 Å². The zero-order valence-electron chi connectivity index (χ0n) is 31.5. The van der Waals surface area contributed by atoms with Crippen LogP contribution in [0.3, 0.4) is 0 Å². The van der Waals surface area contributed by atoms with E-state index in [1.165, 1.54) is 113 Å². The topological polar surface area (TPSA) is 95.3 Å². The van der Waals surface area contributed by atoms with Crippen LogP contribution in [0.5, 0.6) is 5.88 Å². The molecule has 8 rings (SSSR count). The molecule has 4 aromatic rings. The molecule has 6 nitrogen and oxygen atoms in total. The Morgan fingerprint density at radius 1 is 0.815 bits per heavy atom. The van der Waals surface area contributed by atoms with Crippen molar-refractivity contribution in [3.63, 3.8) is 0 Å². The highest BCUT2D eigenvalue weighted by Gasteiger charge is 2.46. The second kappa shape index (κ2) is 17.2. The minimum absolute atomic E-state index is 0.0293. The Balaban J connectivity index is 1.15. The van der Waals surface area contributed by atoms with Gasteiger partial charge in [0.2, 0.25) is 5.88 Å². The number of nitrogens with two attached hydrogens (primary N) is 1. The summed E-state index contributed by atoms with van der Waals surface area (Å²) in [6, 6.07) is 4.35. The van der Waals surface area contributed by atoms with Gasteiger partial charge in [0.05, 0.1) is 47.0 Å². The Hall–Kier alpha value is -2.09. The lowest BCUT2D eigenvalue weighted by Gasteiger charge is -2.21. The van der Waals surface area contributed by atoms with Crippen molar-refractivity contribution >= 4 is 111 Å². The number of aromatic nitrogens is 1. The van der Waals surface area contributed by atoms with Crippen LogP contribution >= 0.6 is 69.3 Å². The van der Waals surface area contributed by atoms with Crippen LogP contribution < -0.4 is 14.8 Å². The van der Waals surface area contributed by atoms with Gasteiger partial charge in [-0.25, -0.2) is 0 Å². The van der Waals surface area contributed by atoms with Gasteiger partial charge in [-0.3, -0.25) is 10.2 Å². The summed E-state index contributed by atoms with van der Waals surface area (Å²) in [5, 5.41) is 22.7. The average Bonchev–Trinajstić information content (AvgIpc) is 4.02. The molecule has 0 spiro atoms. The molecule has 4 N–H and O–H groups in total. The molecule has 54 heavy (non-hydrogen) atoms. The van der Waals surface area contributed by atoms with Crippen LogP contribution in [0.15, 0.2) is 28.0 Å². The summed E-state index contributed by atoms with van der Waals surface area (Å²) in [6.45, 7) is 5.87. The van der Waals surface area contributed by atoms with Gasteiger partial charge < -0.3 is 20.3 Å². The second-order valence-electron chi connectivity index (χ2n) is 15.1. The molecule has 0 radical (unpaired) electrons. The van der Waals surface area contributed by atoms with Crippen molar-refractivity contribution < 1.29 is 9.90 Å². The number of hydrogen-bond acceptors (Lipinski definition) is 10. The van der Waals surface area contributed by atoms with E-state index in [-0.39, 0.29) is 17.0 Å². The quantitative estimate of drug-likeness (QED) is 0.0814. The smallest absolute Gasteiger partial charge is 0.261 e. The van der Waals surface area contributed by atoms with Crippen molar-refractivity contribution in [3.8, 4) is 5.88 Å². The first-order chi connectivity index (χ1) is 26.4. The van der Waals surface area contributed by atoms with Crippen molar-refractivity contribution in [3.05, 3.63) is 49.0 Å². The Morgan fingerprint density at radius 2 is 1.48 bits per heavy atom. The number of thiophene rings is 3. The largest absolute Gasteiger partial charge is 0.494 e. The molecule has 0 aliphatic carbocycles. The fourth-order valence-electron chi connectivity index (χ4n) is 8.37. The van der Waals surface area contributed by atoms with E-state index in [9.17, 15) is 9.90 Å². The molecule has 288 valence electrons. The van der Waals surface area contributed by atoms with Gasteiger partial charge in [-0.05, 0) is 31.1 Å². The Labute approximate surface area is 344 Å². The number of hydrogen-bond donors (Lipinski definition) is 3. The summed E-state index contributed by atoms with van der Waals surface area (Å²) in [6.07, 6.45) is 23.7. The Morgan fingerprint density at radius 3 is 2.19 bits per heavy atom. The summed E-state index contributed by atoms with van der Waals surface area (Å²) >= 11 is 10.4. The van der Waals surface area contributed by atoms with E-state index in [0.29, 0.717) is 28.9 Å². The van der Waals surface area contributed by atoms with E-state index in [2.05, 4.69) is 36.6 Å². The first-order valence-electron chi connectivity index (χ1n) is 20.1. The van der Waals surface area contributed by atoms with Gasteiger partial charge in [0.1, 0.15) is 0 Å². The number of thioether (sulfide) groups is 3. The van der Waals surface area contributed by atoms with Gasteiger partial charge >= 0.3 is 0 Å². The van der Waals surface area contributed by atoms with Crippen molar-refractivity contribution in [1.82, 2.24) is 9.47 Å². The Bertz CT molecular complexity index is 2210. The van der Waals surface area contributed by atoms with E-state index in [0.717, 1.165) is 61.6 Å². The number of anilines is 1. The van der Waals surface area contributed by atoms with Gasteiger partial charge in [0, 0.05) is 47.1 Å². The SMILES string of the molecule is CCCCCCCCCCN1C(=O)c2c(c(O)n(CCCCCCCCCC)c2C2=CC3Sc4cc(N)sc4C3S2)C1=c1cc2sc3c(c2s1)SC(=N)C=3. The third-order valence-electron chi connectivity index (χ3n) is 11.1. The number of nitrogens with one attached hydrogen (secondary N) is 1. The number of rotatable bonds is 19. The standard InChI is InChI=1S/C42H52N4O2S6/c1-3-5-7-9-11-13-15-17-19-45-35(25-21-27-37(51-25)39-29(49-27)23-31(43)53-39)33-34(41(45)47)36(46(42(33)48)20-18-16-14-12-10-8-6-4-2)26-22-28-38(52-26)40-30(50-28)24-32(44)54-40/h21-24,27,37,44,47H,3-20,43H2,1-2H3. The Kier molecular flexibility index (Phi) is 12.3. The number of nitrogens with zero attached hydrogens (tertiary/aromatic N) is 2. The first-order valence-corrected chi connectivity index (χ1v) is 25.2. The van der Waals surface area contributed by atoms with E-state index in [1.54, 1.807) is 34.0 Å². The number of carbonyl (C=O) groups is 1. The monoisotopic (exact) mass is 836 g/mol. The van der Waals surface area contributed by atoms with E-state index in [4.69, 9.17) is 11.1 Å². The number of fused-ring (bicyclic) bond motifs is 7. The highest BCUT2D eigenvalue weighted by atomic mass is 32.2. The lowest BCUT2D eigenvalue weighted by Crippen LogP contribution is -2.28. The number of carbonyl (C=O) groups excluding carboxylic acids is 1. The molecule has 2 atom stereocenters. The molecule has 1 amide bonds. The highest BCUT2D eigenvalue weighted by molar-refractivity contribution is 8.15. The van der Waals surface area contributed by atoms with Gasteiger partial charge in [0.25, 0.3) is 5.91 Å². The number of unbranched alkanes of at least 4 members (excludes halogenated alkanes) is 14. The first kappa shape index (κ1) is 38.8. The number of nitrogen functional groups attached to an aromatic ring is 1. The molecule has 0 aromatic carbocycles. The molecule has 0 saturated heterocycles. The lowest BCUT2D eigenvalue weighted by molar-refractivity contribution is 0.0847. The normalized spacial score (nSPS) is 19.6. The lowest BCUT2D eigenvalue weighted by atomic mass is 10.1. The van der Waals surface area contributed by atoms with Gasteiger partial charge in [0.15, 0.2) is 0 Å². The van der Waals surface area contributed by atoms with Gasteiger partial charge in [-0.2, -0.15) is 0 Å². The zero-order valence-corrected chi connectivity index (χ0v) is 36.4. The maximum Gasteiger partial charge on any atom is 0.261 e. The van der Waals surface area contributed by atoms with Gasteiger partial charge in [-0.1, -0.05) is 122 Å². The molecule has 12 heteroatoms. The summed E-state index contributed by atoms with van der Waals surface area (Å²) in [5.41, 5.74) is 9.45. The van der Waals surface area contributed by atoms with Crippen molar-refractivity contribution in [2.45, 2.75) is 143 Å². The predicted molar refractivity (Wildman–Crippen MR) is 239 cm³/mol. The van der Waals surface area contributed by atoms with Crippen molar-refractivity contribution in [2.75, 3.05) is 12.3 Å². The van der Waals surface area contributed by atoms with Crippen LogP contribution in [-0.2, 0) is 6.54 Å². The molecular formula is C42H52N4O2S6. The van der Waals surface area contributed by atoms with Crippen LogP contribution in [0.1, 0.15) is 148 Å². The fraction of sp³-hybridized carbons (Fsp3) is 0.524. The van der Waals surface area contributed by atoms with Crippen LogP contribution in [-0.4, -0.2) is 37.3 Å². The third kappa shape index (κ3) is 7.53. The predicted octanol–water partition coefficient (Wildman–Crippen LogP) is 12.2. The third-order valence-corrected chi connectivity index (χ3v) is 18.8. The molecule has 2 unspecified atom stereocenters.